The van der Waals surface area contributed by atoms with Crippen molar-refractivity contribution in [3.8, 4) is 0 Å². The molecule has 1 aromatic heterocycles. The topological polar surface area (TPSA) is 92.0 Å². The second-order valence-corrected chi connectivity index (χ2v) is 4.69. The number of rotatable bonds is 4. The number of furan rings is 1. The number of hydrogen-bond donors (Lipinski definition) is 2. The van der Waals surface area contributed by atoms with Crippen molar-refractivity contribution in [2.75, 3.05) is 26.3 Å². The van der Waals surface area contributed by atoms with Gasteiger partial charge in [0.05, 0.1) is 38.2 Å². The molecular formula is C13H18N2O5. The van der Waals surface area contributed by atoms with Crippen LogP contribution in [0.5, 0.6) is 0 Å². The zero-order valence-electron chi connectivity index (χ0n) is 11.2. The number of aliphatic hydroxyl groups is 1. The Labute approximate surface area is 116 Å². The van der Waals surface area contributed by atoms with E-state index in [-0.39, 0.29) is 37.0 Å². The average molecular weight is 282 g/mol. The van der Waals surface area contributed by atoms with E-state index in [4.69, 9.17) is 14.3 Å². The molecule has 20 heavy (non-hydrogen) atoms. The van der Waals surface area contributed by atoms with Crippen molar-refractivity contribution >= 4 is 11.8 Å². The smallest absolute Gasteiger partial charge is 0.287 e. The van der Waals surface area contributed by atoms with Gasteiger partial charge in [0, 0.05) is 6.54 Å². The maximum absolute atomic E-state index is 12.1. The number of nitrogens with zero attached hydrogens (tertiary/aromatic N) is 1. The summed E-state index contributed by atoms with van der Waals surface area (Å²) in [5.41, 5.74) is 0. The molecule has 1 fully saturated rings. The van der Waals surface area contributed by atoms with E-state index in [1.54, 1.807) is 11.0 Å². The van der Waals surface area contributed by atoms with Crippen LogP contribution in [-0.2, 0) is 9.53 Å². The first kappa shape index (κ1) is 14.5. The quantitative estimate of drug-likeness (QED) is 0.785. The van der Waals surface area contributed by atoms with Crippen LogP contribution < -0.4 is 5.32 Å². The summed E-state index contributed by atoms with van der Waals surface area (Å²) in [6.45, 7) is 2.33. The molecule has 2 N–H and O–H groups in total. The molecule has 0 bridgehead atoms. The molecule has 1 saturated heterocycles. The van der Waals surface area contributed by atoms with Crippen molar-refractivity contribution in [3.05, 3.63) is 24.2 Å². The van der Waals surface area contributed by atoms with Crippen LogP contribution >= 0.6 is 0 Å². The maximum atomic E-state index is 12.1. The van der Waals surface area contributed by atoms with Gasteiger partial charge in [-0.2, -0.15) is 0 Å². The lowest BCUT2D eigenvalue weighted by atomic mass is 10.2. The van der Waals surface area contributed by atoms with Crippen LogP contribution in [0.15, 0.2) is 22.8 Å². The predicted octanol–water partition coefficient (Wildman–Crippen LogP) is -0.382. The number of carbonyl (C=O) groups is 2. The van der Waals surface area contributed by atoms with Gasteiger partial charge in [-0.1, -0.05) is 0 Å². The predicted molar refractivity (Wildman–Crippen MR) is 69.0 cm³/mol. The average Bonchev–Trinajstić information content (AvgIpc) is 2.99. The van der Waals surface area contributed by atoms with Gasteiger partial charge in [-0.05, 0) is 19.1 Å². The van der Waals surface area contributed by atoms with Crippen LogP contribution in [-0.4, -0.2) is 60.3 Å². The summed E-state index contributed by atoms with van der Waals surface area (Å²) in [6.07, 6.45) is 1.03. The van der Waals surface area contributed by atoms with Crippen molar-refractivity contribution in [2.24, 2.45) is 0 Å². The molecule has 1 aliphatic heterocycles. The van der Waals surface area contributed by atoms with Crippen LogP contribution in [0.25, 0.3) is 0 Å². The lowest BCUT2D eigenvalue weighted by Gasteiger charge is -2.37. The number of ether oxygens (including phenoxy) is 1. The van der Waals surface area contributed by atoms with Crippen molar-refractivity contribution in [3.63, 3.8) is 0 Å². The molecule has 0 saturated carbocycles. The normalized spacial score (nSPS) is 22.6. The second-order valence-electron chi connectivity index (χ2n) is 4.69. The number of nitrogens with one attached hydrogen (secondary N) is 1. The first-order valence-electron chi connectivity index (χ1n) is 6.45. The molecule has 0 aromatic carbocycles. The highest BCUT2D eigenvalue weighted by atomic mass is 16.5. The Kier molecular flexibility index (Phi) is 4.75. The fourth-order valence-corrected chi connectivity index (χ4v) is 2.03. The fourth-order valence-electron chi connectivity index (χ4n) is 2.03. The minimum atomic E-state index is -0.428. The molecule has 2 unspecified atom stereocenters. The highest BCUT2D eigenvalue weighted by Gasteiger charge is 2.29. The molecule has 2 heterocycles. The Morgan fingerprint density at radius 2 is 2.35 bits per heavy atom. The number of amides is 2. The molecule has 1 aliphatic rings. The van der Waals surface area contributed by atoms with Gasteiger partial charge in [0.2, 0.25) is 5.91 Å². The molecule has 0 aliphatic carbocycles. The Balaban J connectivity index is 1.86. The van der Waals surface area contributed by atoms with E-state index < -0.39 is 5.91 Å². The van der Waals surface area contributed by atoms with Crippen molar-refractivity contribution < 1.29 is 23.8 Å². The van der Waals surface area contributed by atoms with Crippen molar-refractivity contribution in [2.45, 2.75) is 19.1 Å². The summed E-state index contributed by atoms with van der Waals surface area (Å²) in [5, 5.41) is 11.6. The van der Waals surface area contributed by atoms with Gasteiger partial charge in [0.15, 0.2) is 5.76 Å². The SMILES string of the molecule is CC1COC(CO)CN1C(=O)CNC(=O)c1ccco1. The highest BCUT2D eigenvalue weighted by molar-refractivity contribution is 5.94. The van der Waals surface area contributed by atoms with Gasteiger partial charge in [0.1, 0.15) is 0 Å². The number of morpholine rings is 1. The second kappa shape index (κ2) is 6.53. The molecular weight excluding hydrogens is 264 g/mol. The van der Waals surface area contributed by atoms with E-state index in [2.05, 4.69) is 5.32 Å². The van der Waals surface area contributed by atoms with E-state index in [9.17, 15) is 9.59 Å². The van der Waals surface area contributed by atoms with Crippen molar-refractivity contribution in [1.29, 1.82) is 0 Å². The summed E-state index contributed by atoms with van der Waals surface area (Å²) in [7, 11) is 0. The van der Waals surface area contributed by atoms with Gasteiger partial charge >= 0.3 is 0 Å². The third-order valence-corrected chi connectivity index (χ3v) is 3.17. The first-order chi connectivity index (χ1) is 9.61. The first-order valence-corrected chi connectivity index (χ1v) is 6.45. The summed E-state index contributed by atoms with van der Waals surface area (Å²) in [4.78, 5) is 25.3. The number of hydrogen-bond acceptors (Lipinski definition) is 5. The molecule has 1 aromatic rings. The summed E-state index contributed by atoms with van der Waals surface area (Å²) >= 11 is 0. The molecule has 110 valence electrons. The molecule has 7 heteroatoms. The Morgan fingerprint density at radius 3 is 3.00 bits per heavy atom. The van der Waals surface area contributed by atoms with E-state index in [1.165, 1.54) is 12.3 Å². The van der Waals surface area contributed by atoms with Gasteiger partial charge in [-0.15, -0.1) is 0 Å². The summed E-state index contributed by atoms with van der Waals surface area (Å²) in [5.74, 6) is -0.469. The molecule has 2 amide bonds. The summed E-state index contributed by atoms with van der Waals surface area (Å²) in [6, 6.07) is 3.05. The van der Waals surface area contributed by atoms with Gasteiger partial charge < -0.3 is 24.5 Å². The summed E-state index contributed by atoms with van der Waals surface area (Å²) < 4.78 is 10.3. The van der Waals surface area contributed by atoms with E-state index >= 15 is 0 Å². The Bertz CT molecular complexity index is 459. The van der Waals surface area contributed by atoms with E-state index in [1.807, 2.05) is 6.92 Å². The Hall–Kier alpha value is -1.86. The molecule has 0 spiro atoms. The maximum Gasteiger partial charge on any atom is 0.287 e. The lowest BCUT2D eigenvalue weighted by molar-refractivity contribution is -0.145. The zero-order chi connectivity index (χ0) is 14.5. The lowest BCUT2D eigenvalue weighted by Crippen LogP contribution is -2.54. The largest absolute Gasteiger partial charge is 0.459 e. The monoisotopic (exact) mass is 282 g/mol. The van der Waals surface area contributed by atoms with Gasteiger partial charge in [-0.25, -0.2) is 0 Å². The number of aliphatic hydroxyl groups excluding tert-OH is 1. The molecule has 2 atom stereocenters. The van der Waals surface area contributed by atoms with Crippen LogP contribution in [0, 0.1) is 0 Å². The standard InChI is InChI=1S/C13H18N2O5/c1-9-8-20-10(7-16)6-15(9)12(17)5-14-13(18)11-3-2-4-19-11/h2-4,9-10,16H,5-8H2,1H3,(H,14,18). The minimum absolute atomic E-state index is 0.0779. The minimum Gasteiger partial charge on any atom is -0.459 e. The Morgan fingerprint density at radius 1 is 1.55 bits per heavy atom. The van der Waals surface area contributed by atoms with Crippen molar-refractivity contribution in [1.82, 2.24) is 10.2 Å². The van der Waals surface area contributed by atoms with E-state index in [0.29, 0.717) is 13.2 Å². The third kappa shape index (κ3) is 3.37. The number of carbonyl (C=O) groups excluding carboxylic acids is 2. The highest BCUT2D eigenvalue weighted by Crippen LogP contribution is 2.11. The molecule has 2 rings (SSSR count). The van der Waals surface area contributed by atoms with Crippen LogP contribution in [0.4, 0.5) is 0 Å². The van der Waals surface area contributed by atoms with Gasteiger partial charge in [0.25, 0.3) is 5.91 Å². The fraction of sp³-hybridized carbons (Fsp3) is 0.538. The van der Waals surface area contributed by atoms with E-state index in [0.717, 1.165) is 0 Å². The van der Waals surface area contributed by atoms with Crippen LogP contribution in [0.1, 0.15) is 17.5 Å². The van der Waals surface area contributed by atoms with Crippen LogP contribution in [0.2, 0.25) is 0 Å². The molecule has 7 nitrogen and oxygen atoms in total. The van der Waals surface area contributed by atoms with Crippen LogP contribution in [0.3, 0.4) is 0 Å². The molecule has 0 radical (unpaired) electrons. The van der Waals surface area contributed by atoms with Gasteiger partial charge in [-0.3, -0.25) is 9.59 Å². The zero-order valence-corrected chi connectivity index (χ0v) is 11.2. The third-order valence-electron chi connectivity index (χ3n) is 3.17.